The van der Waals surface area contributed by atoms with Crippen LogP contribution in [0.1, 0.15) is 35.0 Å². The summed E-state index contributed by atoms with van der Waals surface area (Å²) in [5.74, 6) is -0.0718. The van der Waals surface area contributed by atoms with Crippen LogP contribution in [0.3, 0.4) is 0 Å². The Morgan fingerprint density at radius 1 is 1.38 bits per heavy atom. The van der Waals surface area contributed by atoms with Crippen LogP contribution in [0.5, 0.6) is 0 Å². The highest BCUT2D eigenvalue weighted by Gasteiger charge is 2.30. The minimum absolute atomic E-state index is 0.0718. The standard InChI is InChI=1S/C16H20N2O2S/c1-10-4-3-5-11-12(17)14(21-13(10)11)15(19)18-16(2)6-8-20-9-7-16/h3-5H,6-9,17H2,1-2H3,(H,18,19). The van der Waals surface area contributed by atoms with Crippen LogP contribution in [0.2, 0.25) is 0 Å². The van der Waals surface area contributed by atoms with Gasteiger partial charge < -0.3 is 15.8 Å². The Morgan fingerprint density at radius 2 is 2.10 bits per heavy atom. The van der Waals surface area contributed by atoms with E-state index >= 15 is 0 Å². The molecule has 3 N–H and O–H groups in total. The first-order chi connectivity index (χ1) is 10.0. The van der Waals surface area contributed by atoms with E-state index in [1.54, 1.807) is 0 Å². The number of amides is 1. The number of carbonyl (C=O) groups excluding carboxylic acids is 1. The molecule has 1 aromatic heterocycles. The predicted molar refractivity (Wildman–Crippen MR) is 86.9 cm³/mol. The zero-order chi connectivity index (χ0) is 15.0. The van der Waals surface area contributed by atoms with Crippen molar-refractivity contribution in [3.63, 3.8) is 0 Å². The fourth-order valence-electron chi connectivity index (χ4n) is 2.73. The highest BCUT2D eigenvalue weighted by Crippen LogP contribution is 2.36. The van der Waals surface area contributed by atoms with E-state index in [-0.39, 0.29) is 11.4 Å². The Hall–Kier alpha value is -1.59. The summed E-state index contributed by atoms with van der Waals surface area (Å²) < 4.78 is 6.46. The van der Waals surface area contributed by atoms with Crippen molar-refractivity contribution in [2.45, 2.75) is 32.2 Å². The number of hydrogen-bond acceptors (Lipinski definition) is 4. The third kappa shape index (κ3) is 2.63. The van der Waals surface area contributed by atoms with Crippen LogP contribution in [0, 0.1) is 6.92 Å². The van der Waals surface area contributed by atoms with Gasteiger partial charge in [0.05, 0.1) is 5.69 Å². The van der Waals surface area contributed by atoms with E-state index in [1.807, 2.05) is 25.1 Å². The number of carbonyl (C=O) groups is 1. The molecule has 1 aliphatic heterocycles. The normalized spacial score (nSPS) is 17.8. The molecule has 1 saturated heterocycles. The lowest BCUT2D eigenvalue weighted by Gasteiger charge is -2.34. The Labute approximate surface area is 128 Å². The number of aryl methyl sites for hydroxylation is 1. The molecule has 21 heavy (non-hydrogen) atoms. The second-order valence-corrected chi connectivity index (χ2v) is 6.94. The first kappa shape index (κ1) is 14.4. The molecule has 0 atom stereocenters. The minimum atomic E-state index is -0.201. The minimum Gasteiger partial charge on any atom is -0.397 e. The van der Waals surface area contributed by atoms with Crippen molar-refractivity contribution in [1.29, 1.82) is 0 Å². The maximum absolute atomic E-state index is 12.6. The van der Waals surface area contributed by atoms with Gasteiger partial charge in [0.1, 0.15) is 4.88 Å². The van der Waals surface area contributed by atoms with Crippen molar-refractivity contribution in [3.8, 4) is 0 Å². The molecule has 0 saturated carbocycles. The van der Waals surface area contributed by atoms with Gasteiger partial charge in [0.2, 0.25) is 0 Å². The average molecular weight is 304 g/mol. The molecule has 1 fully saturated rings. The van der Waals surface area contributed by atoms with Crippen LogP contribution in [0.4, 0.5) is 5.69 Å². The smallest absolute Gasteiger partial charge is 0.263 e. The Kier molecular flexibility index (Phi) is 3.63. The van der Waals surface area contributed by atoms with E-state index in [0.29, 0.717) is 23.8 Å². The van der Waals surface area contributed by atoms with Crippen molar-refractivity contribution in [2.24, 2.45) is 0 Å². The molecule has 0 unspecified atom stereocenters. The lowest BCUT2D eigenvalue weighted by Crippen LogP contribution is -2.49. The molecule has 112 valence electrons. The van der Waals surface area contributed by atoms with E-state index in [4.69, 9.17) is 10.5 Å². The molecule has 0 radical (unpaired) electrons. The Balaban J connectivity index is 1.91. The molecule has 1 aromatic carbocycles. The van der Waals surface area contributed by atoms with Gasteiger partial charge in [-0.15, -0.1) is 11.3 Å². The maximum atomic E-state index is 12.6. The zero-order valence-electron chi connectivity index (χ0n) is 12.4. The summed E-state index contributed by atoms with van der Waals surface area (Å²) in [6, 6.07) is 5.99. The molecular weight excluding hydrogens is 284 g/mol. The highest BCUT2D eigenvalue weighted by molar-refractivity contribution is 7.21. The summed E-state index contributed by atoms with van der Waals surface area (Å²) in [7, 11) is 0. The van der Waals surface area contributed by atoms with Crippen LogP contribution < -0.4 is 11.1 Å². The number of thiophene rings is 1. The van der Waals surface area contributed by atoms with Gasteiger partial charge in [0.25, 0.3) is 5.91 Å². The van der Waals surface area contributed by atoms with Gasteiger partial charge >= 0.3 is 0 Å². The quantitative estimate of drug-likeness (QED) is 0.896. The summed E-state index contributed by atoms with van der Waals surface area (Å²) in [6.45, 7) is 5.50. The number of nitrogens with one attached hydrogen (secondary N) is 1. The molecule has 2 heterocycles. The molecule has 2 aromatic rings. The van der Waals surface area contributed by atoms with E-state index in [9.17, 15) is 4.79 Å². The molecule has 1 amide bonds. The zero-order valence-corrected chi connectivity index (χ0v) is 13.2. The largest absolute Gasteiger partial charge is 0.397 e. The Morgan fingerprint density at radius 3 is 2.76 bits per heavy atom. The molecule has 0 aliphatic carbocycles. The number of benzene rings is 1. The summed E-state index contributed by atoms with van der Waals surface area (Å²) >= 11 is 1.48. The number of fused-ring (bicyclic) bond motifs is 1. The summed E-state index contributed by atoms with van der Waals surface area (Å²) in [4.78, 5) is 13.2. The molecule has 1 aliphatic rings. The van der Waals surface area contributed by atoms with Gasteiger partial charge in [-0.05, 0) is 32.3 Å². The summed E-state index contributed by atoms with van der Waals surface area (Å²) in [6.07, 6.45) is 1.67. The SMILES string of the molecule is Cc1cccc2c(N)c(C(=O)NC3(C)CCOCC3)sc12. The first-order valence-electron chi connectivity index (χ1n) is 7.18. The molecule has 0 spiro atoms. The van der Waals surface area contributed by atoms with Gasteiger partial charge in [-0.1, -0.05) is 18.2 Å². The van der Waals surface area contributed by atoms with Crippen molar-refractivity contribution >= 4 is 33.0 Å². The number of nitrogens with two attached hydrogens (primary N) is 1. The molecule has 5 heteroatoms. The molecule has 3 rings (SSSR count). The van der Waals surface area contributed by atoms with E-state index < -0.39 is 0 Å². The van der Waals surface area contributed by atoms with E-state index in [0.717, 1.165) is 28.5 Å². The van der Waals surface area contributed by atoms with Gasteiger partial charge in [-0.3, -0.25) is 4.79 Å². The second kappa shape index (κ2) is 5.31. The number of rotatable bonds is 2. The highest BCUT2D eigenvalue weighted by atomic mass is 32.1. The number of nitrogen functional groups attached to an aromatic ring is 1. The van der Waals surface area contributed by atoms with Crippen LogP contribution >= 0.6 is 11.3 Å². The number of anilines is 1. The van der Waals surface area contributed by atoms with Crippen molar-refractivity contribution < 1.29 is 9.53 Å². The van der Waals surface area contributed by atoms with E-state index in [1.165, 1.54) is 11.3 Å². The molecular formula is C16H20N2O2S. The summed E-state index contributed by atoms with van der Waals surface area (Å²) in [5.41, 5.74) is 7.72. The maximum Gasteiger partial charge on any atom is 0.263 e. The average Bonchev–Trinajstić information content (AvgIpc) is 2.78. The van der Waals surface area contributed by atoms with Gasteiger partial charge in [-0.25, -0.2) is 0 Å². The molecule has 4 nitrogen and oxygen atoms in total. The number of ether oxygens (including phenoxy) is 1. The topological polar surface area (TPSA) is 64.4 Å². The van der Waals surface area contributed by atoms with Gasteiger partial charge in [0.15, 0.2) is 0 Å². The predicted octanol–water partition coefficient (Wildman–Crippen LogP) is 3.09. The lowest BCUT2D eigenvalue weighted by atomic mass is 9.92. The fourth-order valence-corrected chi connectivity index (χ4v) is 3.81. The van der Waals surface area contributed by atoms with Crippen LogP contribution in [-0.4, -0.2) is 24.7 Å². The first-order valence-corrected chi connectivity index (χ1v) is 8.00. The fraction of sp³-hybridized carbons (Fsp3) is 0.438. The van der Waals surface area contributed by atoms with Crippen molar-refractivity contribution in [1.82, 2.24) is 5.32 Å². The summed E-state index contributed by atoms with van der Waals surface area (Å²) in [5, 5.41) is 4.12. The van der Waals surface area contributed by atoms with E-state index in [2.05, 4.69) is 12.2 Å². The third-order valence-electron chi connectivity index (χ3n) is 4.17. The van der Waals surface area contributed by atoms with Crippen LogP contribution in [-0.2, 0) is 4.74 Å². The van der Waals surface area contributed by atoms with Crippen LogP contribution in [0.15, 0.2) is 18.2 Å². The van der Waals surface area contributed by atoms with Crippen molar-refractivity contribution in [3.05, 3.63) is 28.6 Å². The lowest BCUT2D eigenvalue weighted by molar-refractivity contribution is 0.0424. The van der Waals surface area contributed by atoms with Crippen LogP contribution in [0.25, 0.3) is 10.1 Å². The molecule has 0 bridgehead atoms. The van der Waals surface area contributed by atoms with Gasteiger partial charge in [-0.2, -0.15) is 0 Å². The van der Waals surface area contributed by atoms with Crippen molar-refractivity contribution in [2.75, 3.05) is 18.9 Å². The monoisotopic (exact) mass is 304 g/mol. The second-order valence-electron chi connectivity index (χ2n) is 5.92. The number of hydrogen-bond donors (Lipinski definition) is 2. The third-order valence-corrected chi connectivity index (χ3v) is 5.52. The van der Waals surface area contributed by atoms with Gasteiger partial charge in [0, 0.05) is 28.8 Å². The Bertz CT molecular complexity index is 687.